The van der Waals surface area contributed by atoms with Crippen LogP contribution in [0.25, 0.3) is 0 Å². The molecule has 3 N–H and O–H groups in total. The van der Waals surface area contributed by atoms with Crippen LogP contribution >= 0.6 is 0 Å². The third kappa shape index (κ3) is 5.68. The smallest absolute Gasteiger partial charge is 0.323 e. The zero-order chi connectivity index (χ0) is 27.9. The van der Waals surface area contributed by atoms with Crippen LogP contribution in [0.3, 0.4) is 0 Å². The number of likely N-dealkylation sites (N-methyl/N-ethyl adjacent to an activating group) is 1. The molecule has 5 fully saturated rings. The number of H-pyrrole nitrogens is 1. The van der Waals surface area contributed by atoms with Crippen LogP contribution in [0.2, 0.25) is 0 Å². The maximum Gasteiger partial charge on any atom is 0.323 e. The van der Waals surface area contributed by atoms with Gasteiger partial charge in [0.2, 0.25) is 0 Å². The number of carboxylic acid groups (broad SMARTS) is 1. The lowest BCUT2D eigenvalue weighted by atomic mass is 9.48. The Morgan fingerprint density at radius 1 is 1.05 bits per heavy atom. The van der Waals surface area contributed by atoms with Crippen LogP contribution in [-0.4, -0.2) is 51.4 Å². The first kappa shape index (κ1) is 27.0. The molecule has 1 heterocycles. The van der Waals surface area contributed by atoms with E-state index in [9.17, 15) is 14.4 Å². The summed E-state index contributed by atoms with van der Waals surface area (Å²) in [6.07, 6.45) is 16.2. The summed E-state index contributed by atoms with van der Waals surface area (Å²) in [5.41, 5.74) is 2.67. The number of aryl methyl sites for hydroxylation is 1. The van der Waals surface area contributed by atoms with E-state index in [0.29, 0.717) is 28.3 Å². The van der Waals surface area contributed by atoms with E-state index >= 15 is 0 Å². The molecule has 7 rings (SSSR count). The Morgan fingerprint density at radius 3 is 2.38 bits per heavy atom. The number of aliphatic carboxylic acids is 1. The fraction of sp³-hybridized carbons (Fsp3) is 0.625. The van der Waals surface area contributed by atoms with Gasteiger partial charge in [0.05, 0.1) is 0 Å². The minimum atomic E-state index is -1.08. The average Bonchev–Trinajstić information content (AvgIpc) is 3.36. The second-order valence-electron chi connectivity index (χ2n) is 13.3. The topological polar surface area (TPSA) is 115 Å². The van der Waals surface area contributed by atoms with Gasteiger partial charge >= 0.3 is 5.97 Å². The van der Waals surface area contributed by atoms with E-state index in [1.54, 1.807) is 24.3 Å². The molecular formula is C32H42N4O4. The minimum absolute atomic E-state index is 0.262. The molecule has 5 aliphatic rings. The number of nitrogens with zero attached hydrogens (tertiary/aromatic N) is 2. The standard InChI is InChI=1S/C32H42N4O4/c1-36(19-27(37)38)31(40)24-8-5-9-25(15-24)33-30(39)28-26(34-29(35-28)23-6-3-2-4-7-23)10-11-32-16-20-12-21(17-32)14-22(13-20)18-32/h5,8-9,15,20-23H,2-4,6-7,10-14,16-19H2,1H3,(H,33,39)(H,34,35)(H,37,38). The maximum absolute atomic E-state index is 13.6. The molecule has 0 saturated heterocycles. The Morgan fingerprint density at radius 2 is 1.73 bits per heavy atom. The van der Waals surface area contributed by atoms with Gasteiger partial charge in [0.25, 0.3) is 11.8 Å². The third-order valence-electron chi connectivity index (χ3n) is 10.2. The predicted molar refractivity (Wildman–Crippen MR) is 152 cm³/mol. The van der Waals surface area contributed by atoms with Crippen molar-refractivity contribution in [3.05, 3.63) is 47.0 Å². The van der Waals surface area contributed by atoms with Gasteiger partial charge in [-0.25, -0.2) is 4.98 Å². The van der Waals surface area contributed by atoms with Crippen molar-refractivity contribution in [1.82, 2.24) is 14.9 Å². The van der Waals surface area contributed by atoms with Crippen molar-refractivity contribution < 1.29 is 19.5 Å². The van der Waals surface area contributed by atoms with Crippen LogP contribution in [-0.2, 0) is 11.2 Å². The highest BCUT2D eigenvalue weighted by Crippen LogP contribution is 2.61. The molecule has 2 amide bonds. The number of carboxylic acids is 1. The number of benzene rings is 1. The normalized spacial score (nSPS) is 27.5. The van der Waals surface area contributed by atoms with Gasteiger partial charge in [-0.1, -0.05) is 25.3 Å². The van der Waals surface area contributed by atoms with Crippen LogP contribution < -0.4 is 5.32 Å². The molecule has 0 unspecified atom stereocenters. The van der Waals surface area contributed by atoms with E-state index in [4.69, 9.17) is 10.1 Å². The molecule has 40 heavy (non-hydrogen) atoms. The van der Waals surface area contributed by atoms with Crippen LogP contribution in [0.4, 0.5) is 5.69 Å². The highest BCUT2D eigenvalue weighted by molar-refractivity contribution is 6.04. The first-order valence-electron chi connectivity index (χ1n) is 15.2. The summed E-state index contributed by atoms with van der Waals surface area (Å²) in [7, 11) is 1.45. The van der Waals surface area contributed by atoms with Gasteiger partial charge in [0.1, 0.15) is 18.1 Å². The minimum Gasteiger partial charge on any atom is -0.480 e. The molecule has 2 aromatic rings. The zero-order valence-corrected chi connectivity index (χ0v) is 23.6. The number of nitrogens with one attached hydrogen (secondary N) is 2. The lowest BCUT2D eigenvalue weighted by molar-refractivity contribution is -0.137. The lowest BCUT2D eigenvalue weighted by Gasteiger charge is -2.57. The van der Waals surface area contributed by atoms with E-state index in [2.05, 4.69) is 10.3 Å². The van der Waals surface area contributed by atoms with Crippen molar-refractivity contribution >= 4 is 23.5 Å². The van der Waals surface area contributed by atoms with Crippen molar-refractivity contribution in [2.24, 2.45) is 23.2 Å². The molecule has 0 atom stereocenters. The molecule has 8 heteroatoms. The summed E-state index contributed by atoms with van der Waals surface area (Å²) in [6, 6.07) is 6.67. The van der Waals surface area contributed by atoms with Gasteiger partial charge in [-0.3, -0.25) is 14.4 Å². The second-order valence-corrected chi connectivity index (χ2v) is 13.3. The summed E-state index contributed by atoms with van der Waals surface area (Å²) in [5.74, 6) is 2.28. The van der Waals surface area contributed by atoms with Crippen molar-refractivity contribution in [3.63, 3.8) is 0 Å². The largest absolute Gasteiger partial charge is 0.480 e. The SMILES string of the molecule is CN(CC(=O)O)C(=O)c1cccc(NC(=O)c2nc(C3CCCCC3)[nH]c2CCC23CC4CC(CC(C4)C2)C3)c1. The molecule has 8 nitrogen and oxygen atoms in total. The zero-order valence-electron chi connectivity index (χ0n) is 23.6. The summed E-state index contributed by atoms with van der Waals surface area (Å²) >= 11 is 0. The molecule has 0 radical (unpaired) electrons. The highest BCUT2D eigenvalue weighted by Gasteiger charge is 2.50. The lowest BCUT2D eigenvalue weighted by Crippen LogP contribution is -2.46. The Balaban J connectivity index is 1.20. The Hall–Kier alpha value is -3.16. The quantitative estimate of drug-likeness (QED) is 0.356. The van der Waals surface area contributed by atoms with Crippen LogP contribution in [0.5, 0.6) is 0 Å². The monoisotopic (exact) mass is 546 g/mol. The van der Waals surface area contributed by atoms with Crippen LogP contribution in [0.15, 0.2) is 24.3 Å². The molecule has 5 saturated carbocycles. The summed E-state index contributed by atoms with van der Waals surface area (Å²) in [6.45, 7) is -0.389. The van der Waals surface area contributed by atoms with Crippen molar-refractivity contribution in [1.29, 1.82) is 0 Å². The molecule has 1 aromatic heterocycles. The van der Waals surface area contributed by atoms with Crippen LogP contribution in [0, 0.1) is 23.2 Å². The molecule has 4 bridgehead atoms. The van der Waals surface area contributed by atoms with E-state index in [1.165, 1.54) is 64.8 Å². The number of carbonyl (C=O) groups is 3. The Labute approximate surface area is 236 Å². The fourth-order valence-electron chi connectivity index (χ4n) is 8.77. The van der Waals surface area contributed by atoms with Gasteiger partial charge in [-0.05, 0) is 106 Å². The van der Waals surface area contributed by atoms with E-state index in [-0.39, 0.29) is 12.5 Å². The fourth-order valence-corrected chi connectivity index (χ4v) is 8.77. The maximum atomic E-state index is 13.6. The number of rotatable bonds is 9. The van der Waals surface area contributed by atoms with E-state index in [0.717, 1.165) is 59.9 Å². The number of imidazole rings is 1. The number of aromatic amines is 1. The number of amides is 2. The van der Waals surface area contributed by atoms with Gasteiger partial charge in [-0.2, -0.15) is 0 Å². The molecule has 5 aliphatic carbocycles. The number of anilines is 1. The number of carbonyl (C=O) groups excluding carboxylic acids is 2. The Kier molecular flexibility index (Phi) is 7.44. The van der Waals surface area contributed by atoms with Gasteiger partial charge < -0.3 is 20.3 Å². The van der Waals surface area contributed by atoms with Crippen molar-refractivity contribution in [3.8, 4) is 0 Å². The first-order chi connectivity index (χ1) is 19.3. The summed E-state index contributed by atoms with van der Waals surface area (Å²) in [5, 5.41) is 12.0. The molecule has 1 aromatic carbocycles. The number of aromatic nitrogens is 2. The van der Waals surface area contributed by atoms with Crippen molar-refractivity contribution in [2.75, 3.05) is 18.9 Å². The van der Waals surface area contributed by atoms with E-state index < -0.39 is 11.9 Å². The number of hydrogen-bond acceptors (Lipinski definition) is 4. The predicted octanol–water partition coefficient (Wildman–Crippen LogP) is 6.02. The number of hydrogen-bond donors (Lipinski definition) is 3. The molecule has 0 spiro atoms. The third-order valence-corrected chi connectivity index (χ3v) is 10.2. The second kappa shape index (κ2) is 11.0. The van der Waals surface area contributed by atoms with Crippen molar-refractivity contribution in [2.45, 2.75) is 89.4 Å². The first-order valence-corrected chi connectivity index (χ1v) is 15.2. The van der Waals surface area contributed by atoms with E-state index in [1.807, 2.05) is 0 Å². The highest BCUT2D eigenvalue weighted by atomic mass is 16.4. The van der Waals surface area contributed by atoms with Gasteiger partial charge in [0.15, 0.2) is 0 Å². The molecular weight excluding hydrogens is 504 g/mol. The Bertz CT molecular complexity index is 1240. The molecule has 0 aliphatic heterocycles. The van der Waals surface area contributed by atoms with Gasteiger partial charge in [0, 0.05) is 29.9 Å². The molecule has 214 valence electrons. The summed E-state index contributed by atoms with van der Waals surface area (Å²) < 4.78 is 0. The summed E-state index contributed by atoms with van der Waals surface area (Å²) in [4.78, 5) is 47.1. The average molecular weight is 547 g/mol. The van der Waals surface area contributed by atoms with Gasteiger partial charge in [-0.15, -0.1) is 0 Å². The van der Waals surface area contributed by atoms with Crippen LogP contribution in [0.1, 0.15) is 115 Å².